The molecule has 0 aromatic carbocycles. The molecule has 0 amide bonds. The molecule has 1 atom stereocenters. The molecule has 2 aliphatic heterocycles. The van der Waals surface area contributed by atoms with Crippen LogP contribution in [0, 0.1) is 11.3 Å². The standard InChI is InChI=1S/C18H28N4O/c1-23-13-16-11-18(14-22(16)17-19-7-2-8-20-17)5-9-21(10-6-18)12-15-3-4-15/h2,7-8,15-16H,3-6,9-14H2,1H3. The Hall–Kier alpha value is -1.20. The van der Waals surface area contributed by atoms with E-state index in [0.717, 1.165) is 25.0 Å². The van der Waals surface area contributed by atoms with Crippen LogP contribution in [-0.4, -0.2) is 60.8 Å². The molecule has 23 heavy (non-hydrogen) atoms. The molecule has 1 aromatic rings. The van der Waals surface area contributed by atoms with Crippen molar-refractivity contribution < 1.29 is 4.74 Å². The first-order valence-corrected chi connectivity index (χ1v) is 9.03. The number of ether oxygens (including phenoxy) is 1. The summed E-state index contributed by atoms with van der Waals surface area (Å²) in [6.07, 6.45) is 10.4. The van der Waals surface area contributed by atoms with E-state index < -0.39 is 0 Å². The minimum absolute atomic E-state index is 0.414. The van der Waals surface area contributed by atoms with Gasteiger partial charge in [-0.15, -0.1) is 0 Å². The molecule has 1 aliphatic carbocycles. The van der Waals surface area contributed by atoms with Crippen molar-refractivity contribution in [3.63, 3.8) is 0 Å². The third-order valence-electron chi connectivity index (χ3n) is 5.91. The van der Waals surface area contributed by atoms with Crippen LogP contribution in [0.5, 0.6) is 0 Å². The first kappa shape index (κ1) is 15.3. The highest BCUT2D eigenvalue weighted by molar-refractivity contribution is 5.35. The van der Waals surface area contributed by atoms with Gasteiger partial charge in [0.05, 0.1) is 12.6 Å². The van der Waals surface area contributed by atoms with E-state index in [9.17, 15) is 0 Å². The summed E-state index contributed by atoms with van der Waals surface area (Å²) in [7, 11) is 1.80. The van der Waals surface area contributed by atoms with Gasteiger partial charge in [-0.3, -0.25) is 0 Å². The van der Waals surface area contributed by atoms with E-state index in [4.69, 9.17) is 4.74 Å². The number of hydrogen-bond donors (Lipinski definition) is 0. The van der Waals surface area contributed by atoms with Gasteiger partial charge in [0, 0.05) is 32.6 Å². The lowest BCUT2D eigenvalue weighted by Crippen LogP contribution is -2.42. The maximum atomic E-state index is 5.49. The van der Waals surface area contributed by atoms with Gasteiger partial charge in [0.25, 0.3) is 0 Å². The monoisotopic (exact) mass is 316 g/mol. The number of hydrogen-bond acceptors (Lipinski definition) is 5. The molecule has 1 unspecified atom stereocenters. The Morgan fingerprint density at radius 3 is 2.61 bits per heavy atom. The van der Waals surface area contributed by atoms with Crippen LogP contribution in [-0.2, 0) is 4.74 Å². The number of aromatic nitrogens is 2. The van der Waals surface area contributed by atoms with Crippen LogP contribution >= 0.6 is 0 Å². The Balaban J connectivity index is 1.44. The number of methoxy groups -OCH3 is 1. The molecular weight excluding hydrogens is 288 g/mol. The van der Waals surface area contributed by atoms with Crippen LogP contribution in [0.2, 0.25) is 0 Å². The second-order valence-electron chi connectivity index (χ2n) is 7.73. The van der Waals surface area contributed by atoms with Crippen molar-refractivity contribution in [2.24, 2.45) is 11.3 Å². The van der Waals surface area contributed by atoms with E-state index in [1.54, 1.807) is 7.11 Å². The molecule has 3 fully saturated rings. The van der Waals surface area contributed by atoms with Gasteiger partial charge in [0.15, 0.2) is 0 Å². The van der Waals surface area contributed by atoms with Gasteiger partial charge < -0.3 is 14.5 Å². The fourth-order valence-electron chi connectivity index (χ4n) is 4.42. The molecule has 1 saturated carbocycles. The third kappa shape index (κ3) is 3.36. The van der Waals surface area contributed by atoms with Crippen molar-refractivity contribution in [3.8, 4) is 0 Å². The van der Waals surface area contributed by atoms with Crippen LogP contribution in [0.4, 0.5) is 5.95 Å². The fourth-order valence-corrected chi connectivity index (χ4v) is 4.42. The van der Waals surface area contributed by atoms with Gasteiger partial charge in [-0.05, 0) is 62.6 Å². The average Bonchev–Trinajstić information content (AvgIpc) is 3.33. The minimum Gasteiger partial charge on any atom is -0.383 e. The second-order valence-corrected chi connectivity index (χ2v) is 7.73. The zero-order valence-corrected chi connectivity index (χ0v) is 14.2. The molecule has 5 nitrogen and oxygen atoms in total. The molecule has 1 spiro atoms. The SMILES string of the molecule is COCC1CC2(CCN(CC3CC3)CC2)CN1c1ncccn1. The van der Waals surface area contributed by atoms with E-state index in [2.05, 4.69) is 19.8 Å². The number of piperidine rings is 1. The molecule has 3 heterocycles. The van der Waals surface area contributed by atoms with Crippen LogP contribution < -0.4 is 4.90 Å². The van der Waals surface area contributed by atoms with E-state index >= 15 is 0 Å². The van der Waals surface area contributed by atoms with Crippen LogP contribution in [0.25, 0.3) is 0 Å². The molecular formula is C18H28N4O. The predicted octanol–water partition coefficient (Wildman–Crippen LogP) is 2.19. The van der Waals surface area contributed by atoms with Crippen molar-refractivity contribution in [1.82, 2.24) is 14.9 Å². The quantitative estimate of drug-likeness (QED) is 0.833. The molecule has 0 bridgehead atoms. The van der Waals surface area contributed by atoms with E-state index in [-0.39, 0.29) is 0 Å². The zero-order valence-electron chi connectivity index (χ0n) is 14.2. The van der Waals surface area contributed by atoms with Gasteiger partial charge in [0.2, 0.25) is 5.95 Å². The summed E-state index contributed by atoms with van der Waals surface area (Å²) in [5, 5.41) is 0. The first-order valence-electron chi connectivity index (χ1n) is 9.03. The molecule has 0 radical (unpaired) electrons. The number of rotatable bonds is 5. The van der Waals surface area contributed by atoms with E-state index in [1.807, 2.05) is 18.5 Å². The summed E-state index contributed by atoms with van der Waals surface area (Å²) in [6, 6.07) is 2.30. The Morgan fingerprint density at radius 2 is 1.96 bits per heavy atom. The lowest BCUT2D eigenvalue weighted by molar-refractivity contribution is 0.107. The fraction of sp³-hybridized carbons (Fsp3) is 0.778. The average molecular weight is 316 g/mol. The van der Waals surface area contributed by atoms with Gasteiger partial charge in [-0.2, -0.15) is 0 Å². The highest BCUT2D eigenvalue weighted by atomic mass is 16.5. The predicted molar refractivity (Wildman–Crippen MR) is 90.5 cm³/mol. The van der Waals surface area contributed by atoms with Crippen LogP contribution in [0.1, 0.15) is 32.1 Å². The molecule has 2 saturated heterocycles. The second kappa shape index (κ2) is 6.36. The zero-order chi connectivity index (χ0) is 15.7. The molecule has 126 valence electrons. The maximum absolute atomic E-state index is 5.49. The molecule has 1 aromatic heterocycles. The van der Waals surface area contributed by atoms with Crippen molar-refractivity contribution >= 4 is 5.95 Å². The minimum atomic E-state index is 0.414. The number of likely N-dealkylation sites (tertiary alicyclic amines) is 1. The smallest absolute Gasteiger partial charge is 0.225 e. The Labute approximate surface area is 139 Å². The first-order chi connectivity index (χ1) is 11.3. The third-order valence-corrected chi connectivity index (χ3v) is 5.91. The summed E-state index contributed by atoms with van der Waals surface area (Å²) < 4.78 is 5.49. The summed E-state index contributed by atoms with van der Waals surface area (Å²) in [5.74, 6) is 1.87. The van der Waals surface area contributed by atoms with E-state index in [1.165, 1.54) is 51.7 Å². The largest absolute Gasteiger partial charge is 0.383 e. The Morgan fingerprint density at radius 1 is 1.22 bits per heavy atom. The lowest BCUT2D eigenvalue weighted by Gasteiger charge is -2.39. The van der Waals surface area contributed by atoms with Crippen LogP contribution in [0.15, 0.2) is 18.5 Å². The summed E-state index contributed by atoms with van der Waals surface area (Å²) in [4.78, 5) is 14.0. The summed E-state index contributed by atoms with van der Waals surface area (Å²) in [6.45, 7) is 5.72. The lowest BCUT2D eigenvalue weighted by atomic mass is 9.76. The molecule has 0 N–H and O–H groups in total. The van der Waals surface area contributed by atoms with Crippen LogP contribution in [0.3, 0.4) is 0 Å². The molecule has 3 aliphatic rings. The van der Waals surface area contributed by atoms with Crippen molar-refractivity contribution in [2.45, 2.75) is 38.1 Å². The van der Waals surface area contributed by atoms with Gasteiger partial charge in [-0.25, -0.2) is 9.97 Å². The van der Waals surface area contributed by atoms with Gasteiger partial charge in [-0.1, -0.05) is 0 Å². The number of nitrogens with zero attached hydrogens (tertiary/aromatic N) is 4. The van der Waals surface area contributed by atoms with Gasteiger partial charge >= 0.3 is 0 Å². The topological polar surface area (TPSA) is 41.5 Å². The van der Waals surface area contributed by atoms with E-state index in [0.29, 0.717) is 11.5 Å². The van der Waals surface area contributed by atoms with Crippen molar-refractivity contribution in [3.05, 3.63) is 18.5 Å². The Kier molecular flexibility index (Phi) is 4.24. The number of anilines is 1. The maximum Gasteiger partial charge on any atom is 0.225 e. The van der Waals surface area contributed by atoms with Crippen molar-refractivity contribution in [2.75, 3.05) is 44.8 Å². The summed E-state index contributed by atoms with van der Waals surface area (Å²) >= 11 is 0. The van der Waals surface area contributed by atoms with Gasteiger partial charge in [0.1, 0.15) is 0 Å². The van der Waals surface area contributed by atoms with Crippen molar-refractivity contribution in [1.29, 1.82) is 0 Å². The normalized spacial score (nSPS) is 27.7. The summed E-state index contributed by atoms with van der Waals surface area (Å²) in [5.41, 5.74) is 0.433. The molecule has 4 rings (SSSR count). The molecule has 5 heteroatoms. The Bertz CT molecular complexity index is 511. The highest BCUT2D eigenvalue weighted by Crippen LogP contribution is 2.45. The highest BCUT2D eigenvalue weighted by Gasteiger charge is 2.46.